The Balaban J connectivity index is 0.00000240. The van der Waals surface area contributed by atoms with Crippen LogP contribution in [0.3, 0.4) is 0 Å². The third-order valence-corrected chi connectivity index (χ3v) is 4.50. The van der Waals surface area contributed by atoms with Crippen molar-refractivity contribution in [1.82, 2.24) is 29.5 Å². The van der Waals surface area contributed by atoms with Gasteiger partial charge in [-0.1, -0.05) is 11.6 Å². The number of nitrogens with two attached hydrogens (primary N) is 1. The summed E-state index contributed by atoms with van der Waals surface area (Å²) in [6, 6.07) is 7.37. The molecule has 0 fully saturated rings. The highest BCUT2D eigenvalue weighted by Gasteiger charge is 2.19. The molecule has 0 aliphatic rings. The lowest BCUT2D eigenvalue weighted by molar-refractivity contribution is 0.840. The maximum atomic E-state index is 9.36. The summed E-state index contributed by atoms with van der Waals surface area (Å²) in [5.41, 5.74) is 9.00. The standard InChI is InChI=1S/C18H14ClN9.H2S/c1-10(26-18-13(7-20)17(21)24-9-25-18)12-6-15-23-8-14(19)28(15)27-16(12)11-2-4-22-5-3-11;/h2-6,8-10H,1H3,(H3,21,24,25,26);1H2/t10-;/m0./s1. The summed E-state index contributed by atoms with van der Waals surface area (Å²) >= 11 is 6.19. The van der Waals surface area contributed by atoms with E-state index in [9.17, 15) is 5.26 Å². The van der Waals surface area contributed by atoms with E-state index in [1.807, 2.05) is 31.2 Å². The van der Waals surface area contributed by atoms with E-state index in [4.69, 9.17) is 17.3 Å². The van der Waals surface area contributed by atoms with Gasteiger partial charge < -0.3 is 11.1 Å². The number of nitrogen functional groups attached to an aromatic ring is 1. The number of rotatable bonds is 4. The first-order chi connectivity index (χ1) is 13.6. The van der Waals surface area contributed by atoms with Crippen LogP contribution in [0.5, 0.6) is 0 Å². The number of hydrogen-bond acceptors (Lipinski definition) is 8. The third kappa shape index (κ3) is 3.78. The fraction of sp³-hybridized carbons (Fsp3) is 0.111. The van der Waals surface area contributed by atoms with Crippen molar-refractivity contribution in [3.05, 3.63) is 59.4 Å². The average molecular weight is 426 g/mol. The van der Waals surface area contributed by atoms with Gasteiger partial charge in [0.2, 0.25) is 0 Å². The van der Waals surface area contributed by atoms with E-state index in [2.05, 4.69) is 30.4 Å². The van der Waals surface area contributed by atoms with E-state index >= 15 is 0 Å². The SMILES string of the molecule is C[C@H](Nc1ncnc(N)c1C#N)c1cc2ncc(Cl)n2nc1-c1ccncc1.S. The second-order valence-electron chi connectivity index (χ2n) is 6.00. The molecule has 4 aromatic heterocycles. The van der Waals surface area contributed by atoms with Crippen molar-refractivity contribution in [2.45, 2.75) is 13.0 Å². The molecular weight excluding hydrogens is 410 g/mol. The van der Waals surface area contributed by atoms with Gasteiger partial charge in [-0.2, -0.15) is 23.9 Å². The Morgan fingerprint density at radius 1 is 1.24 bits per heavy atom. The molecule has 0 saturated carbocycles. The molecule has 0 amide bonds. The molecule has 146 valence electrons. The van der Waals surface area contributed by atoms with Crippen LogP contribution in [0.25, 0.3) is 16.9 Å². The molecule has 0 saturated heterocycles. The van der Waals surface area contributed by atoms with Crippen LogP contribution in [0.4, 0.5) is 11.6 Å². The molecule has 11 heteroatoms. The van der Waals surface area contributed by atoms with Crippen molar-refractivity contribution in [2.24, 2.45) is 0 Å². The van der Waals surface area contributed by atoms with Gasteiger partial charge in [-0.25, -0.2) is 19.5 Å². The van der Waals surface area contributed by atoms with Crippen molar-refractivity contribution in [1.29, 1.82) is 5.26 Å². The van der Waals surface area contributed by atoms with E-state index in [0.717, 1.165) is 11.1 Å². The van der Waals surface area contributed by atoms with Crippen LogP contribution in [-0.4, -0.2) is 29.5 Å². The van der Waals surface area contributed by atoms with Gasteiger partial charge in [0.05, 0.1) is 17.9 Å². The Kier molecular flexibility index (Phi) is 5.81. The van der Waals surface area contributed by atoms with E-state index in [0.29, 0.717) is 22.3 Å². The quantitative estimate of drug-likeness (QED) is 0.510. The molecule has 4 aromatic rings. The Labute approximate surface area is 178 Å². The molecule has 29 heavy (non-hydrogen) atoms. The fourth-order valence-corrected chi connectivity index (χ4v) is 3.04. The molecule has 0 aliphatic heterocycles. The lowest BCUT2D eigenvalue weighted by atomic mass is 10.0. The number of nitrogens with zero attached hydrogens (tertiary/aromatic N) is 7. The van der Waals surface area contributed by atoms with Gasteiger partial charge in [0.25, 0.3) is 0 Å². The highest BCUT2D eigenvalue weighted by molar-refractivity contribution is 7.59. The minimum Gasteiger partial charge on any atom is -0.382 e. The molecule has 0 aromatic carbocycles. The van der Waals surface area contributed by atoms with Crippen molar-refractivity contribution in [3.8, 4) is 17.3 Å². The van der Waals surface area contributed by atoms with Crippen LogP contribution in [0.2, 0.25) is 5.15 Å². The zero-order chi connectivity index (χ0) is 19.7. The smallest absolute Gasteiger partial charge is 0.155 e. The molecule has 0 spiro atoms. The summed E-state index contributed by atoms with van der Waals surface area (Å²) in [4.78, 5) is 16.3. The second kappa shape index (κ2) is 8.30. The van der Waals surface area contributed by atoms with Gasteiger partial charge in [-0.05, 0) is 25.1 Å². The van der Waals surface area contributed by atoms with Crippen LogP contribution in [0.15, 0.2) is 43.1 Å². The average Bonchev–Trinajstić information content (AvgIpc) is 3.08. The van der Waals surface area contributed by atoms with Gasteiger partial charge in [0.1, 0.15) is 29.6 Å². The van der Waals surface area contributed by atoms with Crippen molar-refractivity contribution >= 4 is 42.4 Å². The molecule has 4 heterocycles. The number of halogens is 1. The van der Waals surface area contributed by atoms with E-state index in [-0.39, 0.29) is 30.9 Å². The summed E-state index contributed by atoms with van der Waals surface area (Å²) in [6.07, 6.45) is 6.24. The van der Waals surface area contributed by atoms with Crippen molar-refractivity contribution < 1.29 is 0 Å². The van der Waals surface area contributed by atoms with E-state index in [1.165, 1.54) is 6.33 Å². The lowest BCUT2D eigenvalue weighted by Gasteiger charge is -2.19. The number of fused-ring (bicyclic) bond motifs is 1. The number of pyridine rings is 1. The molecule has 0 aliphatic carbocycles. The highest BCUT2D eigenvalue weighted by Crippen LogP contribution is 2.30. The molecule has 9 nitrogen and oxygen atoms in total. The number of hydrogen-bond donors (Lipinski definition) is 2. The molecule has 0 bridgehead atoms. The maximum Gasteiger partial charge on any atom is 0.155 e. The zero-order valence-corrected chi connectivity index (χ0v) is 17.0. The summed E-state index contributed by atoms with van der Waals surface area (Å²) < 4.78 is 1.57. The van der Waals surface area contributed by atoms with Gasteiger partial charge in [0, 0.05) is 23.5 Å². The monoisotopic (exact) mass is 425 g/mol. The van der Waals surface area contributed by atoms with Crippen LogP contribution < -0.4 is 11.1 Å². The lowest BCUT2D eigenvalue weighted by Crippen LogP contribution is -2.13. The van der Waals surface area contributed by atoms with E-state index < -0.39 is 0 Å². The van der Waals surface area contributed by atoms with E-state index in [1.54, 1.807) is 23.1 Å². The minimum absolute atomic E-state index is 0. The zero-order valence-electron chi connectivity index (χ0n) is 15.2. The Morgan fingerprint density at radius 3 is 2.72 bits per heavy atom. The first-order valence-corrected chi connectivity index (χ1v) is 8.68. The topological polar surface area (TPSA) is 131 Å². The largest absolute Gasteiger partial charge is 0.382 e. The number of anilines is 2. The highest BCUT2D eigenvalue weighted by atomic mass is 35.5. The molecule has 3 N–H and O–H groups in total. The maximum absolute atomic E-state index is 9.36. The van der Waals surface area contributed by atoms with Crippen molar-refractivity contribution in [2.75, 3.05) is 11.1 Å². The first kappa shape index (κ1) is 20.3. The number of aromatic nitrogens is 6. The van der Waals surface area contributed by atoms with Crippen molar-refractivity contribution in [3.63, 3.8) is 0 Å². The Morgan fingerprint density at radius 2 is 2.00 bits per heavy atom. The minimum atomic E-state index is -0.266. The molecule has 0 radical (unpaired) electrons. The second-order valence-corrected chi connectivity index (χ2v) is 6.38. The predicted molar refractivity (Wildman–Crippen MR) is 115 cm³/mol. The third-order valence-electron chi connectivity index (χ3n) is 4.24. The first-order valence-electron chi connectivity index (χ1n) is 8.30. The summed E-state index contributed by atoms with van der Waals surface area (Å²) in [5.74, 6) is 0.472. The van der Waals surface area contributed by atoms with Crippen LogP contribution >= 0.6 is 25.1 Å². The number of imidazole rings is 1. The Bertz CT molecular complexity index is 1200. The molecule has 1 atom stereocenters. The van der Waals surface area contributed by atoms with Gasteiger partial charge in [-0.15, -0.1) is 0 Å². The van der Waals surface area contributed by atoms with Gasteiger partial charge in [-0.3, -0.25) is 4.98 Å². The number of nitriles is 1. The molecular formula is C18H16ClN9S. The molecule has 4 rings (SSSR count). The Hall–Kier alpha value is -3.42. The van der Waals surface area contributed by atoms with Crippen LogP contribution in [0, 0.1) is 11.3 Å². The van der Waals surface area contributed by atoms with Crippen LogP contribution in [0.1, 0.15) is 24.1 Å². The normalized spacial score (nSPS) is 11.5. The fourth-order valence-electron chi connectivity index (χ4n) is 2.87. The van der Waals surface area contributed by atoms with Crippen LogP contribution in [-0.2, 0) is 0 Å². The summed E-state index contributed by atoms with van der Waals surface area (Å²) in [6.45, 7) is 1.93. The van der Waals surface area contributed by atoms with Gasteiger partial charge >= 0.3 is 0 Å². The summed E-state index contributed by atoms with van der Waals surface area (Å²) in [7, 11) is 0. The number of nitrogens with one attached hydrogen (secondary N) is 1. The predicted octanol–water partition coefficient (Wildman–Crippen LogP) is 2.97. The summed E-state index contributed by atoms with van der Waals surface area (Å²) in [5, 5.41) is 17.7. The van der Waals surface area contributed by atoms with Gasteiger partial charge in [0.15, 0.2) is 10.8 Å². The molecule has 0 unspecified atom stereocenters.